The SMILES string of the molecule is CCOC(=O)Nc1nc(-c2ccc3c(c2)C(NC(C)=O)CCO3)cs1. The molecular formula is C17H19N3O4S. The molecule has 2 aromatic rings. The Morgan fingerprint density at radius 2 is 2.28 bits per heavy atom. The fourth-order valence-electron chi connectivity index (χ4n) is 2.67. The third kappa shape index (κ3) is 4.08. The molecule has 0 radical (unpaired) electrons. The number of ether oxygens (including phenoxy) is 2. The Kier molecular flexibility index (Phi) is 5.18. The van der Waals surface area contributed by atoms with Crippen molar-refractivity contribution in [3.05, 3.63) is 29.1 Å². The molecule has 2 amide bonds. The first-order valence-corrected chi connectivity index (χ1v) is 8.88. The van der Waals surface area contributed by atoms with Gasteiger partial charge >= 0.3 is 6.09 Å². The van der Waals surface area contributed by atoms with Gasteiger partial charge in [-0.3, -0.25) is 10.1 Å². The number of benzene rings is 1. The molecule has 0 bridgehead atoms. The van der Waals surface area contributed by atoms with Gasteiger partial charge in [-0.1, -0.05) is 0 Å². The lowest BCUT2D eigenvalue weighted by Crippen LogP contribution is -2.30. The van der Waals surface area contributed by atoms with Crippen LogP contribution in [0.3, 0.4) is 0 Å². The van der Waals surface area contributed by atoms with E-state index in [1.54, 1.807) is 6.92 Å². The van der Waals surface area contributed by atoms with Crippen LogP contribution in [0, 0.1) is 0 Å². The molecule has 8 heteroatoms. The summed E-state index contributed by atoms with van der Waals surface area (Å²) in [6.45, 7) is 4.13. The van der Waals surface area contributed by atoms with Gasteiger partial charge in [0.15, 0.2) is 5.13 Å². The molecule has 7 nitrogen and oxygen atoms in total. The number of amides is 2. The number of nitrogens with one attached hydrogen (secondary N) is 2. The molecule has 0 spiro atoms. The quantitative estimate of drug-likeness (QED) is 0.872. The largest absolute Gasteiger partial charge is 0.493 e. The Bertz CT molecular complexity index is 790. The van der Waals surface area contributed by atoms with Crippen LogP contribution in [0.5, 0.6) is 5.75 Å². The van der Waals surface area contributed by atoms with E-state index in [1.165, 1.54) is 18.3 Å². The number of carbonyl (C=O) groups is 2. The van der Waals surface area contributed by atoms with Gasteiger partial charge in [-0.25, -0.2) is 9.78 Å². The van der Waals surface area contributed by atoms with Crippen LogP contribution in [0.2, 0.25) is 0 Å². The molecule has 1 unspecified atom stereocenters. The van der Waals surface area contributed by atoms with E-state index in [0.717, 1.165) is 29.0 Å². The van der Waals surface area contributed by atoms with Crippen molar-refractivity contribution in [2.75, 3.05) is 18.5 Å². The van der Waals surface area contributed by atoms with Gasteiger partial charge in [0.2, 0.25) is 5.91 Å². The van der Waals surface area contributed by atoms with Crippen molar-refractivity contribution < 1.29 is 19.1 Å². The third-order valence-electron chi connectivity index (χ3n) is 3.71. The summed E-state index contributed by atoms with van der Waals surface area (Å²) in [6, 6.07) is 5.70. The highest BCUT2D eigenvalue weighted by Crippen LogP contribution is 2.36. The van der Waals surface area contributed by atoms with E-state index in [2.05, 4.69) is 15.6 Å². The van der Waals surface area contributed by atoms with Crippen molar-refractivity contribution in [3.63, 3.8) is 0 Å². The Labute approximate surface area is 149 Å². The van der Waals surface area contributed by atoms with Crippen LogP contribution in [0.4, 0.5) is 9.93 Å². The van der Waals surface area contributed by atoms with Gasteiger partial charge < -0.3 is 14.8 Å². The monoisotopic (exact) mass is 361 g/mol. The molecule has 0 saturated heterocycles. The second kappa shape index (κ2) is 7.52. The van der Waals surface area contributed by atoms with Gasteiger partial charge in [0.05, 0.1) is 24.9 Å². The molecule has 132 valence electrons. The summed E-state index contributed by atoms with van der Waals surface area (Å²) in [7, 11) is 0. The Hall–Kier alpha value is -2.61. The number of fused-ring (bicyclic) bond motifs is 1. The van der Waals surface area contributed by atoms with Crippen LogP contribution in [0.15, 0.2) is 23.6 Å². The van der Waals surface area contributed by atoms with Gasteiger partial charge in [0.1, 0.15) is 5.75 Å². The zero-order chi connectivity index (χ0) is 17.8. The zero-order valence-electron chi connectivity index (χ0n) is 14.0. The standard InChI is InChI=1S/C17H19N3O4S/c1-3-23-17(22)20-16-19-14(9-25-16)11-4-5-15-12(8-11)13(6-7-24-15)18-10(2)21/h4-5,8-9,13H,3,6-7H2,1-2H3,(H,18,21)(H,19,20,22). The summed E-state index contributed by atoms with van der Waals surface area (Å²) in [4.78, 5) is 27.3. The van der Waals surface area contributed by atoms with Gasteiger partial charge in [-0.15, -0.1) is 11.3 Å². The third-order valence-corrected chi connectivity index (χ3v) is 4.47. The van der Waals surface area contributed by atoms with Crippen LogP contribution >= 0.6 is 11.3 Å². The number of carbonyl (C=O) groups excluding carboxylic acids is 2. The molecule has 1 atom stereocenters. The number of nitrogens with zero attached hydrogens (tertiary/aromatic N) is 1. The van der Waals surface area contributed by atoms with Gasteiger partial charge in [0.25, 0.3) is 0 Å². The number of aromatic nitrogens is 1. The predicted octanol–water partition coefficient (Wildman–Crippen LogP) is 3.34. The highest BCUT2D eigenvalue weighted by atomic mass is 32.1. The van der Waals surface area contributed by atoms with E-state index >= 15 is 0 Å². The summed E-state index contributed by atoms with van der Waals surface area (Å²) >= 11 is 1.32. The van der Waals surface area contributed by atoms with Gasteiger partial charge in [-0.05, 0) is 25.1 Å². The van der Waals surface area contributed by atoms with Crippen molar-refractivity contribution in [2.24, 2.45) is 0 Å². The lowest BCUT2D eigenvalue weighted by molar-refractivity contribution is -0.119. The molecule has 25 heavy (non-hydrogen) atoms. The number of anilines is 1. The fraction of sp³-hybridized carbons (Fsp3) is 0.353. The summed E-state index contributed by atoms with van der Waals surface area (Å²) in [5.41, 5.74) is 2.58. The molecule has 0 fully saturated rings. The summed E-state index contributed by atoms with van der Waals surface area (Å²) < 4.78 is 10.5. The number of hydrogen-bond donors (Lipinski definition) is 2. The van der Waals surface area contributed by atoms with Crippen molar-refractivity contribution in [3.8, 4) is 17.0 Å². The molecule has 0 aliphatic carbocycles. The fourth-order valence-corrected chi connectivity index (χ4v) is 3.37. The first kappa shape index (κ1) is 17.2. The molecule has 1 aromatic heterocycles. The normalized spacial score (nSPS) is 15.7. The Morgan fingerprint density at radius 1 is 1.44 bits per heavy atom. The molecule has 0 saturated carbocycles. The van der Waals surface area contributed by atoms with Crippen LogP contribution in [-0.2, 0) is 9.53 Å². The van der Waals surface area contributed by atoms with Crippen LogP contribution in [0.1, 0.15) is 31.9 Å². The minimum Gasteiger partial charge on any atom is -0.493 e. The molecule has 1 aliphatic rings. The molecule has 2 heterocycles. The van der Waals surface area contributed by atoms with Gasteiger partial charge in [-0.2, -0.15) is 0 Å². The number of rotatable bonds is 4. The van der Waals surface area contributed by atoms with E-state index in [4.69, 9.17) is 9.47 Å². The highest BCUT2D eigenvalue weighted by molar-refractivity contribution is 7.14. The highest BCUT2D eigenvalue weighted by Gasteiger charge is 2.23. The van der Waals surface area contributed by atoms with E-state index in [9.17, 15) is 9.59 Å². The van der Waals surface area contributed by atoms with E-state index < -0.39 is 6.09 Å². The summed E-state index contributed by atoms with van der Waals surface area (Å²) in [5.74, 6) is 0.701. The molecule has 1 aromatic carbocycles. The lowest BCUT2D eigenvalue weighted by Gasteiger charge is -2.26. The second-order valence-corrected chi connectivity index (χ2v) is 6.38. The minimum atomic E-state index is -0.520. The molecular weight excluding hydrogens is 342 g/mol. The first-order valence-electron chi connectivity index (χ1n) is 8.00. The van der Waals surface area contributed by atoms with Crippen LogP contribution in [0.25, 0.3) is 11.3 Å². The maximum absolute atomic E-state index is 11.5. The second-order valence-electron chi connectivity index (χ2n) is 5.53. The molecule has 1 aliphatic heterocycles. The van der Waals surface area contributed by atoms with Crippen molar-refractivity contribution in [1.82, 2.24) is 10.3 Å². The number of thiazole rings is 1. The Morgan fingerprint density at radius 3 is 3.04 bits per heavy atom. The van der Waals surface area contributed by atoms with E-state index in [0.29, 0.717) is 18.3 Å². The smallest absolute Gasteiger partial charge is 0.413 e. The topological polar surface area (TPSA) is 89.5 Å². The summed E-state index contributed by atoms with van der Waals surface area (Å²) in [6.07, 6.45) is 0.205. The molecule has 2 N–H and O–H groups in total. The summed E-state index contributed by atoms with van der Waals surface area (Å²) in [5, 5.41) is 7.88. The zero-order valence-corrected chi connectivity index (χ0v) is 14.8. The Balaban J connectivity index is 1.83. The maximum atomic E-state index is 11.5. The van der Waals surface area contributed by atoms with Crippen LogP contribution in [-0.4, -0.2) is 30.2 Å². The van der Waals surface area contributed by atoms with E-state index in [1.807, 2.05) is 23.6 Å². The van der Waals surface area contributed by atoms with E-state index in [-0.39, 0.29) is 11.9 Å². The average molecular weight is 361 g/mol. The van der Waals surface area contributed by atoms with Crippen molar-refractivity contribution in [1.29, 1.82) is 0 Å². The number of hydrogen-bond acceptors (Lipinski definition) is 6. The predicted molar refractivity (Wildman–Crippen MR) is 94.9 cm³/mol. The van der Waals surface area contributed by atoms with Crippen LogP contribution < -0.4 is 15.4 Å². The minimum absolute atomic E-state index is 0.0714. The first-order chi connectivity index (χ1) is 12.1. The van der Waals surface area contributed by atoms with Gasteiger partial charge in [0, 0.05) is 29.9 Å². The van der Waals surface area contributed by atoms with Crippen molar-refractivity contribution in [2.45, 2.75) is 26.3 Å². The maximum Gasteiger partial charge on any atom is 0.413 e. The average Bonchev–Trinajstić information content (AvgIpc) is 3.03. The lowest BCUT2D eigenvalue weighted by atomic mass is 9.97. The molecule has 3 rings (SSSR count). The van der Waals surface area contributed by atoms with Crippen molar-refractivity contribution >= 4 is 28.5 Å².